The molecule has 0 aromatic heterocycles. The predicted octanol–water partition coefficient (Wildman–Crippen LogP) is 6.37. The van der Waals surface area contributed by atoms with Gasteiger partial charge in [-0.15, -0.1) is 0 Å². The van der Waals surface area contributed by atoms with E-state index >= 15 is 0 Å². The number of benzene rings is 1. The normalized spacial score (nSPS) is 14.5. The van der Waals surface area contributed by atoms with E-state index in [2.05, 4.69) is 93.5 Å². The maximum Gasteiger partial charge on any atom is 0.00983 e. The number of rotatable bonds is 1. The van der Waals surface area contributed by atoms with Gasteiger partial charge < -0.3 is 0 Å². The van der Waals surface area contributed by atoms with E-state index in [9.17, 15) is 0 Å². The summed E-state index contributed by atoms with van der Waals surface area (Å²) in [4.78, 5) is 0. The molecule has 0 saturated heterocycles. The second kappa shape index (κ2) is 4.90. The first-order valence-electron chi connectivity index (χ1n) is 7.82. The molecule has 0 spiro atoms. The number of hydrogen-bond acceptors (Lipinski definition) is 0. The predicted molar refractivity (Wildman–Crippen MR) is 91.2 cm³/mol. The molecule has 0 unspecified atom stereocenters. The Hall–Kier alpha value is -0.780. The van der Waals surface area contributed by atoms with E-state index in [0.29, 0.717) is 0 Å². The first kappa shape index (κ1) is 17.3. The number of aryl methyl sites for hydroxylation is 1. The summed E-state index contributed by atoms with van der Waals surface area (Å²) in [7, 11) is 0. The zero-order valence-corrected chi connectivity index (χ0v) is 15.3. The highest BCUT2D eigenvalue weighted by molar-refractivity contribution is 5.35. The molecule has 0 nitrogen and oxygen atoms in total. The summed E-state index contributed by atoms with van der Waals surface area (Å²) in [6.07, 6.45) is 0. The fourth-order valence-corrected chi connectivity index (χ4v) is 5.48. The SMILES string of the molecule is Cc1ccc(C(C(C)(C)C)(C(C)(C)C)C(C)(C)C)cc1. The quantitative estimate of drug-likeness (QED) is 0.558. The fraction of sp³-hybridized carbons (Fsp3) is 0.700. The Morgan fingerprint density at radius 1 is 0.550 bits per heavy atom. The van der Waals surface area contributed by atoms with Crippen molar-refractivity contribution < 1.29 is 0 Å². The van der Waals surface area contributed by atoms with Crippen molar-refractivity contribution in [1.82, 2.24) is 0 Å². The van der Waals surface area contributed by atoms with E-state index in [0.717, 1.165) is 0 Å². The van der Waals surface area contributed by atoms with Crippen LogP contribution >= 0.6 is 0 Å². The molecule has 1 aromatic carbocycles. The Balaban J connectivity index is 3.77. The molecule has 0 saturated carbocycles. The van der Waals surface area contributed by atoms with E-state index in [1.165, 1.54) is 11.1 Å². The van der Waals surface area contributed by atoms with Gasteiger partial charge in [0.25, 0.3) is 0 Å². The molecule has 0 fully saturated rings. The Bertz CT molecular complexity index is 405. The Labute approximate surface area is 127 Å². The maximum absolute atomic E-state index is 2.39. The smallest absolute Gasteiger partial charge is 0.00983 e. The van der Waals surface area contributed by atoms with E-state index in [1.54, 1.807) is 0 Å². The average molecular weight is 274 g/mol. The lowest BCUT2D eigenvalue weighted by Crippen LogP contribution is -2.58. The lowest BCUT2D eigenvalue weighted by molar-refractivity contribution is -0.0443. The van der Waals surface area contributed by atoms with Gasteiger partial charge >= 0.3 is 0 Å². The summed E-state index contributed by atoms with van der Waals surface area (Å²) in [5.41, 5.74) is 3.44. The average Bonchev–Trinajstić information content (AvgIpc) is 2.14. The highest BCUT2D eigenvalue weighted by Crippen LogP contribution is 2.62. The van der Waals surface area contributed by atoms with Crippen LogP contribution in [-0.4, -0.2) is 0 Å². The zero-order valence-electron chi connectivity index (χ0n) is 15.3. The molecule has 0 aliphatic heterocycles. The van der Waals surface area contributed by atoms with Crippen LogP contribution in [0.1, 0.15) is 73.4 Å². The molecule has 1 aromatic rings. The molecule has 0 aliphatic carbocycles. The Morgan fingerprint density at radius 2 is 0.850 bits per heavy atom. The molecule has 0 heterocycles. The third-order valence-corrected chi connectivity index (χ3v) is 4.86. The minimum atomic E-state index is 0.0979. The molecule has 0 bridgehead atoms. The van der Waals surface area contributed by atoms with E-state index in [1.807, 2.05) is 0 Å². The molecule has 1 rings (SSSR count). The third kappa shape index (κ3) is 2.54. The standard InChI is InChI=1S/C20H34/c1-15-11-13-16(14-12-15)20(17(2,3)4,18(5,6)7)19(8,9)10/h11-14H,1-10H3. The third-order valence-electron chi connectivity index (χ3n) is 4.86. The van der Waals surface area contributed by atoms with E-state index in [-0.39, 0.29) is 21.7 Å². The lowest BCUT2D eigenvalue weighted by atomic mass is 9.42. The van der Waals surface area contributed by atoms with Crippen molar-refractivity contribution in [3.63, 3.8) is 0 Å². The molecule has 0 heteroatoms. The highest BCUT2D eigenvalue weighted by atomic mass is 14.6. The van der Waals surface area contributed by atoms with Gasteiger partial charge in [-0.05, 0) is 28.7 Å². The summed E-state index contributed by atoms with van der Waals surface area (Å²) in [6.45, 7) is 23.7. The van der Waals surface area contributed by atoms with Crippen molar-refractivity contribution in [1.29, 1.82) is 0 Å². The van der Waals surface area contributed by atoms with Crippen molar-refractivity contribution in [3.05, 3.63) is 35.4 Å². The monoisotopic (exact) mass is 274 g/mol. The fourth-order valence-electron chi connectivity index (χ4n) is 5.48. The van der Waals surface area contributed by atoms with Crippen molar-refractivity contribution in [3.8, 4) is 0 Å². The van der Waals surface area contributed by atoms with Crippen LogP contribution < -0.4 is 0 Å². The van der Waals surface area contributed by atoms with Crippen LogP contribution in [0.3, 0.4) is 0 Å². The van der Waals surface area contributed by atoms with Gasteiger partial charge in [-0.3, -0.25) is 0 Å². The van der Waals surface area contributed by atoms with Gasteiger partial charge in [0.05, 0.1) is 0 Å². The molecule has 0 aliphatic rings. The Morgan fingerprint density at radius 3 is 1.10 bits per heavy atom. The van der Waals surface area contributed by atoms with Gasteiger partial charge in [-0.1, -0.05) is 92.1 Å². The van der Waals surface area contributed by atoms with Crippen LogP contribution in [0.4, 0.5) is 0 Å². The lowest BCUT2D eigenvalue weighted by Gasteiger charge is -2.61. The molecule has 0 radical (unpaired) electrons. The van der Waals surface area contributed by atoms with Crippen LogP contribution in [0.5, 0.6) is 0 Å². The highest BCUT2D eigenvalue weighted by Gasteiger charge is 2.58. The molecule has 20 heavy (non-hydrogen) atoms. The van der Waals surface area contributed by atoms with Gasteiger partial charge in [-0.25, -0.2) is 0 Å². The summed E-state index contributed by atoms with van der Waals surface area (Å²) >= 11 is 0. The summed E-state index contributed by atoms with van der Waals surface area (Å²) in [5.74, 6) is 0. The summed E-state index contributed by atoms with van der Waals surface area (Å²) in [6, 6.07) is 9.20. The minimum absolute atomic E-state index is 0.0979. The van der Waals surface area contributed by atoms with Gasteiger partial charge in [0.15, 0.2) is 0 Å². The van der Waals surface area contributed by atoms with Gasteiger partial charge in [-0.2, -0.15) is 0 Å². The van der Waals surface area contributed by atoms with Crippen molar-refractivity contribution in [2.45, 2.75) is 74.7 Å². The van der Waals surface area contributed by atoms with Crippen molar-refractivity contribution in [2.24, 2.45) is 16.2 Å². The summed E-state index contributed by atoms with van der Waals surface area (Å²) < 4.78 is 0. The van der Waals surface area contributed by atoms with Crippen molar-refractivity contribution >= 4 is 0 Å². The van der Waals surface area contributed by atoms with Crippen LogP contribution in [0.25, 0.3) is 0 Å². The minimum Gasteiger partial charge on any atom is -0.0593 e. The van der Waals surface area contributed by atoms with E-state index < -0.39 is 0 Å². The van der Waals surface area contributed by atoms with E-state index in [4.69, 9.17) is 0 Å². The first-order valence-corrected chi connectivity index (χ1v) is 7.82. The molecule has 0 atom stereocenters. The maximum atomic E-state index is 2.39. The van der Waals surface area contributed by atoms with Gasteiger partial charge in [0.2, 0.25) is 0 Å². The van der Waals surface area contributed by atoms with Gasteiger partial charge in [0.1, 0.15) is 0 Å². The second-order valence-electron chi connectivity index (χ2n) is 9.37. The van der Waals surface area contributed by atoms with Crippen LogP contribution in [0.15, 0.2) is 24.3 Å². The molecular formula is C20H34. The van der Waals surface area contributed by atoms with Gasteiger partial charge in [0, 0.05) is 5.41 Å². The number of hydrogen-bond donors (Lipinski definition) is 0. The molecule has 0 N–H and O–H groups in total. The zero-order chi connectivity index (χ0) is 16.0. The largest absolute Gasteiger partial charge is 0.0593 e. The molecule has 114 valence electrons. The molecule has 0 amide bonds. The van der Waals surface area contributed by atoms with Crippen molar-refractivity contribution in [2.75, 3.05) is 0 Å². The second-order valence-corrected chi connectivity index (χ2v) is 9.37. The van der Waals surface area contributed by atoms with Crippen LogP contribution in [0, 0.1) is 23.2 Å². The summed E-state index contributed by atoms with van der Waals surface area (Å²) in [5, 5.41) is 0. The first-order chi connectivity index (χ1) is 8.75. The Kier molecular flexibility index (Phi) is 4.23. The topological polar surface area (TPSA) is 0 Å². The molecular weight excluding hydrogens is 240 g/mol. The van der Waals surface area contributed by atoms with Crippen LogP contribution in [-0.2, 0) is 5.41 Å². The van der Waals surface area contributed by atoms with Crippen LogP contribution in [0.2, 0.25) is 0 Å².